The number of nitrogens with one attached hydrogen (secondary N) is 1. The Morgan fingerprint density at radius 2 is 1.93 bits per heavy atom. The van der Waals surface area contributed by atoms with Crippen LogP contribution >= 0.6 is 11.6 Å². The third-order valence-electron chi connectivity index (χ3n) is 5.46. The topological polar surface area (TPSA) is 53.2 Å². The first-order valence-corrected chi connectivity index (χ1v) is 10.2. The summed E-state index contributed by atoms with van der Waals surface area (Å²) < 4.78 is 0. The highest BCUT2D eigenvalue weighted by atomic mass is 35.5. The zero-order valence-electron chi connectivity index (χ0n) is 16.4. The Kier molecular flexibility index (Phi) is 5.54. The van der Waals surface area contributed by atoms with Crippen molar-refractivity contribution < 1.29 is 9.59 Å². The molecule has 1 amide bonds. The maximum atomic E-state index is 12.7. The summed E-state index contributed by atoms with van der Waals surface area (Å²) in [5.74, 6) is -0.0143. The molecule has 5 heteroatoms. The smallest absolute Gasteiger partial charge is 0.223 e. The van der Waals surface area contributed by atoms with E-state index in [2.05, 4.69) is 23.2 Å². The molecule has 0 saturated carbocycles. The van der Waals surface area contributed by atoms with E-state index in [9.17, 15) is 9.59 Å². The Morgan fingerprint density at radius 3 is 2.66 bits per heavy atom. The summed E-state index contributed by atoms with van der Waals surface area (Å²) in [5, 5.41) is 1.42. The normalized spacial score (nSPS) is 14.1. The lowest BCUT2D eigenvalue weighted by Gasteiger charge is -2.26. The standard InChI is InChI=1S/C24H23ClN2O2/c1-16-13-19-20(15-26-24(19)21(25)14-16)22(28)7-8-23(29)27-11-9-18(10-12-27)17-5-3-2-4-6-17/h2-6,9,13-15,26H,7-8,10-12H2,1H3. The Morgan fingerprint density at radius 1 is 1.14 bits per heavy atom. The van der Waals surface area contributed by atoms with E-state index in [4.69, 9.17) is 11.6 Å². The third-order valence-corrected chi connectivity index (χ3v) is 5.76. The number of halogens is 1. The molecule has 148 valence electrons. The lowest BCUT2D eigenvalue weighted by Crippen LogP contribution is -2.34. The molecule has 3 aromatic rings. The molecule has 1 aliphatic heterocycles. The Bertz CT molecular complexity index is 1100. The largest absolute Gasteiger partial charge is 0.359 e. The van der Waals surface area contributed by atoms with Gasteiger partial charge in [-0.05, 0) is 42.2 Å². The van der Waals surface area contributed by atoms with Crippen LogP contribution in [0.5, 0.6) is 0 Å². The second-order valence-corrected chi connectivity index (χ2v) is 7.89. The number of ketones is 1. The van der Waals surface area contributed by atoms with Crippen molar-refractivity contribution in [3.8, 4) is 0 Å². The lowest BCUT2D eigenvalue weighted by molar-refractivity contribution is -0.130. The van der Waals surface area contributed by atoms with E-state index in [0.717, 1.165) is 22.9 Å². The third kappa shape index (κ3) is 4.13. The summed E-state index contributed by atoms with van der Waals surface area (Å²) in [6, 6.07) is 14.1. The van der Waals surface area contributed by atoms with Crippen LogP contribution in [0.25, 0.3) is 16.5 Å². The summed E-state index contributed by atoms with van der Waals surface area (Å²) >= 11 is 6.26. The first-order valence-electron chi connectivity index (χ1n) is 9.85. The minimum Gasteiger partial charge on any atom is -0.359 e. The van der Waals surface area contributed by atoms with Gasteiger partial charge in [-0.2, -0.15) is 0 Å². The summed E-state index contributed by atoms with van der Waals surface area (Å²) in [7, 11) is 0. The zero-order valence-corrected chi connectivity index (χ0v) is 17.1. The van der Waals surface area contributed by atoms with Gasteiger partial charge in [0, 0.05) is 43.1 Å². The van der Waals surface area contributed by atoms with Crippen LogP contribution in [0.3, 0.4) is 0 Å². The highest BCUT2D eigenvalue weighted by molar-refractivity contribution is 6.35. The van der Waals surface area contributed by atoms with Gasteiger partial charge in [0.25, 0.3) is 0 Å². The van der Waals surface area contributed by atoms with Gasteiger partial charge in [-0.3, -0.25) is 9.59 Å². The van der Waals surface area contributed by atoms with Crippen LogP contribution in [-0.2, 0) is 4.79 Å². The Hall–Kier alpha value is -2.85. The predicted octanol–water partition coefficient (Wildman–Crippen LogP) is 5.41. The fourth-order valence-corrected chi connectivity index (χ4v) is 4.21. The summed E-state index contributed by atoms with van der Waals surface area (Å²) in [6.45, 7) is 3.23. The van der Waals surface area contributed by atoms with Gasteiger partial charge in [-0.1, -0.05) is 48.0 Å². The van der Waals surface area contributed by atoms with Crippen LogP contribution < -0.4 is 0 Å². The van der Waals surface area contributed by atoms with Crippen LogP contribution in [0.15, 0.2) is 54.7 Å². The maximum absolute atomic E-state index is 12.7. The van der Waals surface area contributed by atoms with Crippen molar-refractivity contribution in [3.63, 3.8) is 0 Å². The van der Waals surface area contributed by atoms with E-state index >= 15 is 0 Å². The van der Waals surface area contributed by atoms with Crippen LogP contribution in [0.2, 0.25) is 5.02 Å². The van der Waals surface area contributed by atoms with E-state index < -0.39 is 0 Å². The van der Waals surface area contributed by atoms with Crippen molar-refractivity contribution in [1.29, 1.82) is 0 Å². The molecule has 1 aliphatic rings. The Labute approximate surface area is 175 Å². The second-order valence-electron chi connectivity index (χ2n) is 7.48. The number of rotatable bonds is 5. The first-order chi connectivity index (χ1) is 14.0. The molecule has 0 aliphatic carbocycles. The van der Waals surface area contributed by atoms with Gasteiger partial charge in [0.1, 0.15) is 0 Å². The molecule has 0 atom stereocenters. The number of nitrogens with zero attached hydrogens (tertiary/aromatic N) is 1. The van der Waals surface area contributed by atoms with Crippen molar-refractivity contribution in [3.05, 3.63) is 76.5 Å². The number of Topliss-reactive ketones (excluding diaryl/α,β-unsaturated/α-hetero) is 1. The highest BCUT2D eigenvalue weighted by Crippen LogP contribution is 2.28. The number of fused-ring (bicyclic) bond motifs is 1. The van der Waals surface area contributed by atoms with Gasteiger partial charge in [0.2, 0.25) is 5.91 Å². The average molecular weight is 407 g/mol. The maximum Gasteiger partial charge on any atom is 0.223 e. The molecular weight excluding hydrogens is 384 g/mol. The van der Waals surface area contributed by atoms with Crippen LogP contribution in [0.1, 0.15) is 40.7 Å². The van der Waals surface area contributed by atoms with E-state index in [-0.39, 0.29) is 24.5 Å². The van der Waals surface area contributed by atoms with Crippen molar-refractivity contribution in [2.75, 3.05) is 13.1 Å². The molecule has 4 rings (SSSR count). The number of carbonyl (C=O) groups is 2. The second kappa shape index (κ2) is 8.26. The first kappa shape index (κ1) is 19.5. The number of aromatic amines is 1. The molecule has 0 radical (unpaired) electrons. The number of hydrogen-bond donors (Lipinski definition) is 1. The number of hydrogen-bond acceptors (Lipinski definition) is 2. The van der Waals surface area contributed by atoms with Gasteiger partial charge >= 0.3 is 0 Å². The molecule has 0 unspecified atom stereocenters. The quantitative estimate of drug-likeness (QED) is 0.576. The molecule has 0 saturated heterocycles. The average Bonchev–Trinajstić information content (AvgIpc) is 3.17. The fraction of sp³-hybridized carbons (Fsp3) is 0.250. The van der Waals surface area contributed by atoms with Gasteiger partial charge < -0.3 is 9.88 Å². The van der Waals surface area contributed by atoms with Gasteiger partial charge in [-0.25, -0.2) is 0 Å². The van der Waals surface area contributed by atoms with Gasteiger partial charge in [0.05, 0.1) is 10.5 Å². The monoisotopic (exact) mass is 406 g/mol. The molecule has 2 aromatic carbocycles. The molecular formula is C24H23ClN2O2. The molecule has 0 fully saturated rings. The number of carbonyl (C=O) groups excluding carboxylic acids is 2. The van der Waals surface area contributed by atoms with E-state index in [1.54, 1.807) is 6.20 Å². The Balaban J connectivity index is 1.38. The number of aromatic nitrogens is 1. The number of aryl methyl sites for hydroxylation is 1. The molecule has 1 N–H and O–H groups in total. The molecule has 2 heterocycles. The van der Waals surface area contributed by atoms with Gasteiger partial charge in [-0.15, -0.1) is 0 Å². The molecule has 0 spiro atoms. The minimum absolute atomic E-state index is 0.0239. The highest BCUT2D eigenvalue weighted by Gasteiger charge is 2.20. The minimum atomic E-state index is -0.0382. The van der Waals surface area contributed by atoms with Gasteiger partial charge in [0.15, 0.2) is 5.78 Å². The summed E-state index contributed by atoms with van der Waals surface area (Å²) in [6.07, 6.45) is 5.06. The van der Waals surface area contributed by atoms with Crippen molar-refractivity contribution in [2.45, 2.75) is 26.2 Å². The van der Waals surface area contributed by atoms with Crippen molar-refractivity contribution in [1.82, 2.24) is 9.88 Å². The molecule has 0 bridgehead atoms. The van der Waals surface area contributed by atoms with Crippen molar-refractivity contribution >= 4 is 39.8 Å². The molecule has 4 nitrogen and oxygen atoms in total. The SMILES string of the molecule is Cc1cc(Cl)c2[nH]cc(C(=O)CCC(=O)N3CC=C(c4ccccc4)CC3)c2c1. The number of H-pyrrole nitrogens is 1. The van der Waals surface area contributed by atoms with Crippen LogP contribution in [-0.4, -0.2) is 34.7 Å². The van der Waals surface area contributed by atoms with Crippen LogP contribution in [0, 0.1) is 6.92 Å². The van der Waals surface area contributed by atoms with Crippen LogP contribution in [0.4, 0.5) is 0 Å². The predicted molar refractivity (Wildman–Crippen MR) is 117 cm³/mol. The van der Waals surface area contributed by atoms with E-state index in [1.165, 1.54) is 11.1 Å². The molecule has 29 heavy (non-hydrogen) atoms. The number of benzene rings is 2. The zero-order chi connectivity index (χ0) is 20.4. The molecule has 1 aromatic heterocycles. The van der Waals surface area contributed by atoms with E-state index in [1.807, 2.05) is 42.2 Å². The summed E-state index contributed by atoms with van der Waals surface area (Å²) in [5.41, 5.74) is 4.85. The number of amides is 1. The fourth-order valence-electron chi connectivity index (χ4n) is 3.88. The van der Waals surface area contributed by atoms with Crippen molar-refractivity contribution in [2.24, 2.45) is 0 Å². The van der Waals surface area contributed by atoms with E-state index in [0.29, 0.717) is 23.7 Å². The lowest BCUT2D eigenvalue weighted by atomic mass is 9.99. The summed E-state index contributed by atoms with van der Waals surface area (Å²) in [4.78, 5) is 30.2.